The van der Waals surface area contributed by atoms with E-state index in [1.165, 1.54) is 27.4 Å². The van der Waals surface area contributed by atoms with Gasteiger partial charge in [0.2, 0.25) is 33.7 Å². The number of halogens is 2. The molecule has 3 saturated heterocycles. The molecule has 4 N–H and O–H groups in total. The number of esters is 2. The number of benzene rings is 3. The van der Waals surface area contributed by atoms with Crippen molar-refractivity contribution in [2.24, 2.45) is 5.92 Å². The third-order valence-electron chi connectivity index (χ3n) is 13.4. The number of carbonyl (C=O) groups excluding carboxylic acids is 7. The smallest absolute Gasteiger partial charge is 0.352 e. The van der Waals surface area contributed by atoms with Crippen LogP contribution in [0.15, 0.2) is 60.7 Å². The number of amides is 5. The SMILES string of the molecule is CC(C)(C)OC(=O)COc1c(C(=O)OC(C)(C)C)sc(-c2cccc(NC3CCN(S(=O)(=O)Cc4cccc(NC(=O)C5CCN(C(=O)CNc6cccc7c6CN(C6CCC(=O)NC6=O)C7=O)CC5)c4F)CC3)c2)c1Cl. The Morgan fingerprint density at radius 1 is 0.857 bits per heavy atom. The molecule has 0 saturated carbocycles. The van der Waals surface area contributed by atoms with Crippen LogP contribution in [-0.2, 0) is 55.8 Å². The zero-order chi connectivity index (χ0) is 55.6. The van der Waals surface area contributed by atoms with E-state index in [9.17, 15) is 42.0 Å². The van der Waals surface area contributed by atoms with Gasteiger partial charge in [0.05, 0.1) is 22.9 Å². The predicted molar refractivity (Wildman–Crippen MR) is 287 cm³/mol. The van der Waals surface area contributed by atoms with E-state index in [-0.39, 0.29) is 103 Å². The number of piperidine rings is 3. The third-order valence-corrected chi connectivity index (χ3v) is 16.9. The molecule has 8 rings (SSSR count). The predicted octanol–water partition coefficient (Wildman–Crippen LogP) is 7.34. The minimum atomic E-state index is -3.99. The second kappa shape index (κ2) is 23.1. The van der Waals surface area contributed by atoms with Crippen LogP contribution >= 0.6 is 22.9 Å². The topological polar surface area (TPSA) is 239 Å². The van der Waals surface area contributed by atoms with E-state index in [0.717, 1.165) is 11.3 Å². The van der Waals surface area contributed by atoms with E-state index >= 15 is 4.39 Å². The molecule has 1 aromatic heterocycles. The molecule has 0 radical (unpaired) electrons. The summed E-state index contributed by atoms with van der Waals surface area (Å²) in [4.78, 5) is 93.8. The zero-order valence-electron chi connectivity index (χ0n) is 43.7. The van der Waals surface area contributed by atoms with Crippen molar-refractivity contribution in [3.63, 3.8) is 0 Å². The fourth-order valence-corrected chi connectivity index (χ4v) is 12.7. The van der Waals surface area contributed by atoms with Crippen molar-refractivity contribution in [1.82, 2.24) is 19.4 Å². The normalized spacial score (nSPS) is 17.9. The number of nitrogens with zero attached hydrogens (tertiary/aromatic N) is 3. The van der Waals surface area contributed by atoms with Gasteiger partial charge < -0.3 is 40.0 Å². The van der Waals surface area contributed by atoms with Gasteiger partial charge in [0.15, 0.2) is 23.1 Å². The molecule has 3 aromatic carbocycles. The first-order valence-electron chi connectivity index (χ1n) is 25.5. The van der Waals surface area contributed by atoms with Crippen molar-refractivity contribution >= 4 is 91.5 Å². The summed E-state index contributed by atoms with van der Waals surface area (Å²) in [6.45, 7) is 10.8. The van der Waals surface area contributed by atoms with Crippen LogP contribution in [-0.4, -0.2) is 127 Å². The number of imide groups is 1. The zero-order valence-corrected chi connectivity index (χ0v) is 46.1. The van der Waals surface area contributed by atoms with Gasteiger partial charge in [-0.1, -0.05) is 41.9 Å². The summed E-state index contributed by atoms with van der Waals surface area (Å²) in [5, 5.41) is 11.7. The molecule has 0 bridgehead atoms. The number of hydrogen-bond donors (Lipinski definition) is 4. The van der Waals surface area contributed by atoms with Gasteiger partial charge in [-0.25, -0.2) is 26.7 Å². The van der Waals surface area contributed by atoms with Crippen LogP contribution in [0.25, 0.3) is 10.4 Å². The summed E-state index contributed by atoms with van der Waals surface area (Å²) in [5.41, 5.74) is 1.20. The number of likely N-dealkylation sites (tertiary alicyclic amines) is 1. The van der Waals surface area contributed by atoms with Gasteiger partial charge in [0, 0.05) is 79.2 Å². The van der Waals surface area contributed by atoms with Gasteiger partial charge in [-0.2, -0.15) is 0 Å². The summed E-state index contributed by atoms with van der Waals surface area (Å²) < 4.78 is 61.7. The summed E-state index contributed by atoms with van der Waals surface area (Å²) in [6, 6.07) is 15.8. The maximum atomic E-state index is 16.0. The van der Waals surface area contributed by atoms with Gasteiger partial charge in [-0.05, 0) is 110 Å². The van der Waals surface area contributed by atoms with Crippen molar-refractivity contribution in [1.29, 1.82) is 0 Å². The summed E-state index contributed by atoms with van der Waals surface area (Å²) >= 11 is 7.93. The highest BCUT2D eigenvalue weighted by Gasteiger charge is 2.40. The van der Waals surface area contributed by atoms with Crippen LogP contribution in [0.2, 0.25) is 5.02 Å². The van der Waals surface area contributed by atoms with Gasteiger partial charge in [-0.15, -0.1) is 11.3 Å². The molecule has 4 aromatic rings. The number of anilines is 3. The Labute approximate surface area is 455 Å². The van der Waals surface area contributed by atoms with E-state index in [4.69, 9.17) is 25.8 Å². The van der Waals surface area contributed by atoms with Gasteiger partial charge >= 0.3 is 11.9 Å². The second-order valence-corrected chi connectivity index (χ2v) is 24.8. The Morgan fingerprint density at radius 2 is 1.53 bits per heavy atom. The maximum absolute atomic E-state index is 16.0. The lowest BCUT2D eigenvalue weighted by Crippen LogP contribution is -2.52. The number of fused-ring (bicyclic) bond motifs is 1. The lowest BCUT2D eigenvalue weighted by molar-refractivity contribution is -0.157. The number of nitrogens with one attached hydrogen (secondary N) is 4. The van der Waals surface area contributed by atoms with Crippen LogP contribution in [0, 0.1) is 11.7 Å². The Balaban J connectivity index is 0.812. The van der Waals surface area contributed by atoms with Crippen LogP contribution in [0.3, 0.4) is 0 Å². The number of sulfonamides is 1. The molecular weight excluding hydrogens is 1060 g/mol. The number of ether oxygens (including phenoxy) is 3. The van der Waals surface area contributed by atoms with Crippen LogP contribution < -0.4 is 26.0 Å². The fourth-order valence-electron chi connectivity index (χ4n) is 9.67. The summed E-state index contributed by atoms with van der Waals surface area (Å²) in [7, 11) is -3.99. The first-order valence-corrected chi connectivity index (χ1v) is 28.3. The lowest BCUT2D eigenvalue weighted by Gasteiger charge is -2.32. The molecular formula is C54H63ClFN7O12S2. The minimum absolute atomic E-state index is 0.00331. The molecule has 0 aliphatic carbocycles. The molecule has 19 nitrogen and oxygen atoms in total. The van der Waals surface area contributed by atoms with Crippen LogP contribution in [0.5, 0.6) is 5.75 Å². The molecule has 412 valence electrons. The van der Waals surface area contributed by atoms with E-state index in [0.29, 0.717) is 58.6 Å². The molecule has 4 aliphatic heterocycles. The quantitative estimate of drug-likeness (QED) is 0.0635. The van der Waals surface area contributed by atoms with Gasteiger partial charge in [0.1, 0.15) is 22.3 Å². The van der Waals surface area contributed by atoms with Crippen molar-refractivity contribution in [3.05, 3.63) is 93.1 Å². The number of hydrogen-bond acceptors (Lipinski definition) is 15. The van der Waals surface area contributed by atoms with Gasteiger partial charge in [0.25, 0.3) is 5.91 Å². The van der Waals surface area contributed by atoms with Crippen molar-refractivity contribution in [2.75, 3.05) is 55.3 Å². The number of carbonyl (C=O) groups is 7. The van der Waals surface area contributed by atoms with Gasteiger partial charge in [-0.3, -0.25) is 29.3 Å². The number of rotatable bonds is 16. The largest absolute Gasteiger partial charge is 0.479 e. The minimum Gasteiger partial charge on any atom is -0.479 e. The molecule has 77 heavy (non-hydrogen) atoms. The molecule has 1 atom stereocenters. The monoisotopic (exact) mass is 1120 g/mol. The van der Waals surface area contributed by atoms with E-state index < -0.39 is 75.1 Å². The average molecular weight is 1120 g/mol. The third kappa shape index (κ3) is 13.7. The van der Waals surface area contributed by atoms with Crippen molar-refractivity contribution in [2.45, 2.75) is 116 Å². The average Bonchev–Trinajstić information content (AvgIpc) is 3.89. The summed E-state index contributed by atoms with van der Waals surface area (Å²) in [6.07, 6.45) is 1.87. The van der Waals surface area contributed by atoms with E-state index in [2.05, 4.69) is 21.3 Å². The Bertz CT molecular complexity index is 3090. The fraction of sp³-hybridized carbons (Fsp3) is 0.463. The summed E-state index contributed by atoms with van der Waals surface area (Å²) in [5.74, 6) is -5.19. The molecule has 5 amide bonds. The van der Waals surface area contributed by atoms with E-state index in [1.54, 1.807) is 64.6 Å². The lowest BCUT2D eigenvalue weighted by atomic mass is 9.95. The molecule has 23 heteroatoms. The molecule has 3 fully saturated rings. The highest BCUT2D eigenvalue weighted by atomic mass is 35.5. The second-order valence-electron chi connectivity index (χ2n) is 21.4. The molecule has 0 spiro atoms. The Hall–Kier alpha value is -6.62. The van der Waals surface area contributed by atoms with Crippen LogP contribution in [0.1, 0.15) is 111 Å². The Morgan fingerprint density at radius 3 is 2.22 bits per heavy atom. The van der Waals surface area contributed by atoms with E-state index in [1.807, 2.05) is 24.3 Å². The standard InChI is InChI=1S/C54H63ClFN7O12S2/c1-53(2,3)74-43(66)29-73-46-44(55)47(76-48(46)52(70)75-54(4,5)6)32-10-7-12-35(26-32)58-34-20-24-62(25-21-34)77(71,72)30-33-11-8-15-39(45(33)56)59-49(67)31-18-22-61(23-19-31)42(65)27-57-38-14-9-13-36-37(38)28-63(51(36)69)40-16-17-41(64)60-50(40)68/h7-15,26,31,34,40,57-58H,16-25,27-30H2,1-6H3,(H,59,67)(H,60,64,68). The number of thiophene rings is 1. The van der Waals surface area contributed by atoms with Crippen molar-refractivity contribution < 1.29 is 60.6 Å². The first-order chi connectivity index (χ1) is 36.3. The van der Waals surface area contributed by atoms with Crippen LogP contribution in [0.4, 0.5) is 21.5 Å². The Kier molecular flexibility index (Phi) is 17.0. The van der Waals surface area contributed by atoms with Crippen molar-refractivity contribution in [3.8, 4) is 16.2 Å². The maximum Gasteiger partial charge on any atom is 0.352 e. The highest BCUT2D eigenvalue weighted by molar-refractivity contribution is 7.88. The first kappa shape index (κ1) is 56.6. The molecule has 4 aliphatic rings. The molecule has 1 unspecified atom stereocenters. The highest BCUT2D eigenvalue weighted by Crippen LogP contribution is 2.47. The molecule has 5 heterocycles.